The van der Waals surface area contributed by atoms with Crippen LogP contribution in [0.25, 0.3) is 0 Å². The van der Waals surface area contributed by atoms with Gasteiger partial charge in [0, 0.05) is 25.6 Å². The highest BCUT2D eigenvalue weighted by molar-refractivity contribution is 5.79. The van der Waals surface area contributed by atoms with Crippen LogP contribution in [-0.4, -0.2) is 37.0 Å². The maximum absolute atomic E-state index is 12.5. The van der Waals surface area contributed by atoms with E-state index in [4.69, 9.17) is 0 Å². The fourth-order valence-electron chi connectivity index (χ4n) is 3.07. The molecule has 0 radical (unpaired) electrons. The highest BCUT2D eigenvalue weighted by Crippen LogP contribution is 2.38. The van der Waals surface area contributed by atoms with Crippen molar-refractivity contribution in [3.05, 3.63) is 0 Å². The molecule has 2 fully saturated rings. The first-order chi connectivity index (χ1) is 8.34. The van der Waals surface area contributed by atoms with Crippen molar-refractivity contribution in [2.45, 2.75) is 47.0 Å². The van der Waals surface area contributed by atoms with E-state index < -0.39 is 0 Å². The number of likely N-dealkylation sites (tertiary alicyclic amines) is 1. The quantitative estimate of drug-likeness (QED) is 0.776. The average molecular weight is 252 g/mol. The van der Waals surface area contributed by atoms with E-state index in [9.17, 15) is 4.79 Å². The Bertz CT molecular complexity index is 303. The molecule has 2 aliphatic heterocycles. The SMILES string of the molecule is CC(C(=O)N1CCC2(CCNC2)CC1)C(C)(C)C. The van der Waals surface area contributed by atoms with Crippen LogP contribution < -0.4 is 5.32 Å². The monoisotopic (exact) mass is 252 g/mol. The van der Waals surface area contributed by atoms with E-state index in [0.717, 1.165) is 26.2 Å². The molecule has 1 spiro atoms. The first-order valence-corrected chi connectivity index (χ1v) is 7.34. The van der Waals surface area contributed by atoms with Gasteiger partial charge < -0.3 is 10.2 Å². The van der Waals surface area contributed by atoms with Gasteiger partial charge in [-0.2, -0.15) is 0 Å². The van der Waals surface area contributed by atoms with Gasteiger partial charge in [-0.25, -0.2) is 0 Å². The van der Waals surface area contributed by atoms with Crippen LogP contribution >= 0.6 is 0 Å². The number of carbonyl (C=O) groups is 1. The van der Waals surface area contributed by atoms with E-state index in [1.165, 1.54) is 19.3 Å². The van der Waals surface area contributed by atoms with Gasteiger partial charge in [0.1, 0.15) is 0 Å². The zero-order chi connectivity index (χ0) is 13.4. The molecule has 2 rings (SSSR count). The molecule has 18 heavy (non-hydrogen) atoms. The molecule has 1 unspecified atom stereocenters. The molecule has 2 heterocycles. The molecule has 1 N–H and O–H groups in total. The number of carbonyl (C=O) groups excluding carboxylic acids is 1. The minimum Gasteiger partial charge on any atom is -0.342 e. The molecule has 2 saturated heterocycles. The molecule has 3 nitrogen and oxygen atoms in total. The van der Waals surface area contributed by atoms with Crippen molar-refractivity contribution in [1.82, 2.24) is 10.2 Å². The predicted molar refractivity (Wildman–Crippen MR) is 74.4 cm³/mol. The van der Waals surface area contributed by atoms with Gasteiger partial charge in [-0.1, -0.05) is 27.7 Å². The zero-order valence-corrected chi connectivity index (χ0v) is 12.4. The van der Waals surface area contributed by atoms with Gasteiger partial charge in [-0.15, -0.1) is 0 Å². The van der Waals surface area contributed by atoms with Gasteiger partial charge in [0.05, 0.1) is 0 Å². The molecular formula is C15H28N2O. The maximum atomic E-state index is 12.5. The molecule has 1 atom stereocenters. The van der Waals surface area contributed by atoms with Crippen LogP contribution in [0.2, 0.25) is 0 Å². The van der Waals surface area contributed by atoms with Crippen molar-refractivity contribution in [3.63, 3.8) is 0 Å². The van der Waals surface area contributed by atoms with Crippen molar-refractivity contribution in [1.29, 1.82) is 0 Å². The number of nitrogens with zero attached hydrogens (tertiary/aromatic N) is 1. The number of amides is 1. The van der Waals surface area contributed by atoms with E-state index in [-0.39, 0.29) is 11.3 Å². The lowest BCUT2D eigenvalue weighted by Crippen LogP contribution is -2.47. The molecule has 0 aromatic heterocycles. The summed E-state index contributed by atoms with van der Waals surface area (Å²) in [4.78, 5) is 14.6. The lowest BCUT2D eigenvalue weighted by atomic mass is 9.76. The van der Waals surface area contributed by atoms with Crippen LogP contribution in [0, 0.1) is 16.7 Å². The summed E-state index contributed by atoms with van der Waals surface area (Å²) in [6, 6.07) is 0. The summed E-state index contributed by atoms with van der Waals surface area (Å²) in [5, 5.41) is 3.47. The minimum absolute atomic E-state index is 0.0706. The number of nitrogens with one attached hydrogen (secondary N) is 1. The van der Waals surface area contributed by atoms with Crippen LogP contribution in [0.5, 0.6) is 0 Å². The third-order valence-corrected chi connectivity index (χ3v) is 5.14. The summed E-state index contributed by atoms with van der Waals surface area (Å²) >= 11 is 0. The third-order valence-electron chi connectivity index (χ3n) is 5.14. The van der Waals surface area contributed by atoms with Crippen molar-refractivity contribution >= 4 is 5.91 Å². The molecule has 2 aliphatic rings. The lowest BCUT2D eigenvalue weighted by Gasteiger charge is -2.41. The first-order valence-electron chi connectivity index (χ1n) is 7.34. The van der Waals surface area contributed by atoms with E-state index in [1.54, 1.807) is 0 Å². The summed E-state index contributed by atoms with van der Waals surface area (Å²) in [5.74, 6) is 0.469. The number of hydrogen-bond acceptors (Lipinski definition) is 2. The summed E-state index contributed by atoms with van der Waals surface area (Å²) in [5.41, 5.74) is 0.572. The molecular weight excluding hydrogens is 224 g/mol. The molecule has 0 aromatic rings. The molecule has 104 valence electrons. The van der Waals surface area contributed by atoms with E-state index in [0.29, 0.717) is 11.3 Å². The second-order valence-electron chi connectivity index (χ2n) is 7.34. The van der Waals surface area contributed by atoms with E-state index >= 15 is 0 Å². The Hall–Kier alpha value is -0.570. The Balaban J connectivity index is 1.91. The fourth-order valence-corrected chi connectivity index (χ4v) is 3.07. The average Bonchev–Trinajstić information content (AvgIpc) is 2.75. The topological polar surface area (TPSA) is 32.3 Å². The molecule has 0 aliphatic carbocycles. The van der Waals surface area contributed by atoms with Gasteiger partial charge in [-0.3, -0.25) is 4.79 Å². The van der Waals surface area contributed by atoms with Gasteiger partial charge in [-0.05, 0) is 36.6 Å². The second-order valence-corrected chi connectivity index (χ2v) is 7.34. The van der Waals surface area contributed by atoms with Crippen LogP contribution in [0.4, 0.5) is 0 Å². The number of rotatable bonds is 1. The Kier molecular flexibility index (Phi) is 3.72. The highest BCUT2D eigenvalue weighted by atomic mass is 16.2. The van der Waals surface area contributed by atoms with E-state index in [1.807, 2.05) is 0 Å². The predicted octanol–water partition coefficient (Wildman–Crippen LogP) is 2.27. The Morgan fingerprint density at radius 2 is 1.83 bits per heavy atom. The Labute approximate surface area is 111 Å². The van der Waals surface area contributed by atoms with Crippen LogP contribution in [0.15, 0.2) is 0 Å². The third kappa shape index (κ3) is 2.71. The number of piperidine rings is 1. The number of hydrogen-bond donors (Lipinski definition) is 1. The first kappa shape index (κ1) is 13.9. The van der Waals surface area contributed by atoms with Crippen LogP contribution in [-0.2, 0) is 4.79 Å². The standard InChI is InChI=1S/C15H28N2O/c1-12(14(2,3)4)13(18)17-9-6-15(7-10-17)5-8-16-11-15/h12,16H,5-11H2,1-4H3. The van der Waals surface area contributed by atoms with Gasteiger partial charge in [0.15, 0.2) is 0 Å². The molecule has 0 aromatic carbocycles. The summed E-state index contributed by atoms with van der Waals surface area (Å²) in [6.45, 7) is 12.8. The largest absolute Gasteiger partial charge is 0.342 e. The van der Waals surface area contributed by atoms with Crippen molar-refractivity contribution in [3.8, 4) is 0 Å². The Morgan fingerprint density at radius 3 is 2.28 bits per heavy atom. The van der Waals surface area contributed by atoms with Crippen molar-refractivity contribution in [2.24, 2.45) is 16.7 Å². The minimum atomic E-state index is 0.0706. The summed E-state index contributed by atoms with van der Waals surface area (Å²) in [6.07, 6.45) is 3.66. The van der Waals surface area contributed by atoms with Gasteiger partial charge >= 0.3 is 0 Å². The van der Waals surface area contributed by atoms with E-state index in [2.05, 4.69) is 37.9 Å². The Morgan fingerprint density at radius 1 is 1.22 bits per heavy atom. The zero-order valence-electron chi connectivity index (χ0n) is 12.4. The summed E-state index contributed by atoms with van der Waals surface area (Å²) < 4.78 is 0. The van der Waals surface area contributed by atoms with Crippen molar-refractivity contribution < 1.29 is 4.79 Å². The maximum Gasteiger partial charge on any atom is 0.225 e. The molecule has 0 bridgehead atoms. The molecule has 1 amide bonds. The highest BCUT2D eigenvalue weighted by Gasteiger charge is 2.39. The van der Waals surface area contributed by atoms with Gasteiger partial charge in [0.25, 0.3) is 0 Å². The summed E-state index contributed by atoms with van der Waals surface area (Å²) in [7, 11) is 0. The normalized spacial score (nSPS) is 25.4. The van der Waals surface area contributed by atoms with Crippen molar-refractivity contribution in [2.75, 3.05) is 26.2 Å². The van der Waals surface area contributed by atoms with Gasteiger partial charge in [0.2, 0.25) is 5.91 Å². The molecule has 3 heteroatoms. The van der Waals surface area contributed by atoms with Crippen LogP contribution in [0.3, 0.4) is 0 Å². The molecule has 0 saturated carbocycles. The fraction of sp³-hybridized carbons (Fsp3) is 0.933. The second kappa shape index (κ2) is 4.84. The smallest absolute Gasteiger partial charge is 0.225 e. The van der Waals surface area contributed by atoms with Crippen LogP contribution in [0.1, 0.15) is 47.0 Å². The lowest BCUT2D eigenvalue weighted by molar-refractivity contribution is -0.140.